The van der Waals surface area contributed by atoms with Gasteiger partial charge in [-0.1, -0.05) is 0 Å². The predicted molar refractivity (Wildman–Crippen MR) is 77.6 cm³/mol. The summed E-state index contributed by atoms with van der Waals surface area (Å²) >= 11 is 3.31. The van der Waals surface area contributed by atoms with E-state index in [0.717, 1.165) is 10.2 Å². The highest BCUT2D eigenvalue weighted by atomic mass is 79.9. The Kier molecular flexibility index (Phi) is 4.32. The first kappa shape index (κ1) is 13.7. The fourth-order valence-electron chi connectivity index (χ4n) is 1.66. The second-order valence-electron chi connectivity index (χ2n) is 4.41. The summed E-state index contributed by atoms with van der Waals surface area (Å²) in [5, 5.41) is 0. The first-order chi connectivity index (χ1) is 9.06. The van der Waals surface area contributed by atoms with Gasteiger partial charge in [-0.25, -0.2) is 0 Å². The molecule has 1 heterocycles. The Labute approximate surface area is 120 Å². The molecule has 98 valence electrons. The summed E-state index contributed by atoms with van der Waals surface area (Å²) in [6, 6.07) is 8.90. The number of rotatable bonds is 4. The van der Waals surface area contributed by atoms with Crippen molar-refractivity contribution in [3.8, 4) is 5.75 Å². The highest BCUT2D eigenvalue weighted by Gasteiger charge is 2.10. The molecule has 0 amide bonds. The van der Waals surface area contributed by atoms with E-state index in [2.05, 4.69) is 20.9 Å². The minimum Gasteiger partial charge on any atom is -0.491 e. The van der Waals surface area contributed by atoms with Crippen molar-refractivity contribution in [3.05, 3.63) is 58.3 Å². The molecule has 19 heavy (non-hydrogen) atoms. The quantitative estimate of drug-likeness (QED) is 0.803. The average Bonchev–Trinajstić information content (AvgIpc) is 2.38. The van der Waals surface area contributed by atoms with Crippen LogP contribution in [-0.4, -0.2) is 16.9 Å². The van der Waals surface area contributed by atoms with Gasteiger partial charge in [0.05, 0.1) is 6.10 Å². The van der Waals surface area contributed by atoms with E-state index >= 15 is 0 Å². The van der Waals surface area contributed by atoms with Crippen LogP contribution < -0.4 is 4.74 Å². The standard InChI is InChI=1S/C15H14BrNO2/c1-10(2)19-14-5-3-11(4-6-14)15(18)12-7-13(16)9-17-8-12/h3-10H,1-2H3. The van der Waals surface area contributed by atoms with Gasteiger partial charge in [-0.3, -0.25) is 9.78 Å². The predicted octanol–water partition coefficient (Wildman–Crippen LogP) is 3.86. The zero-order chi connectivity index (χ0) is 13.8. The van der Waals surface area contributed by atoms with Crippen LogP contribution in [0.5, 0.6) is 5.75 Å². The van der Waals surface area contributed by atoms with Gasteiger partial charge in [-0.15, -0.1) is 0 Å². The van der Waals surface area contributed by atoms with Crippen molar-refractivity contribution in [2.75, 3.05) is 0 Å². The molecule has 0 aliphatic rings. The molecule has 0 aliphatic heterocycles. The Hall–Kier alpha value is -1.68. The van der Waals surface area contributed by atoms with Crippen LogP contribution in [0.4, 0.5) is 0 Å². The Bertz CT molecular complexity index is 579. The molecule has 0 N–H and O–H groups in total. The van der Waals surface area contributed by atoms with Gasteiger partial charge in [0.1, 0.15) is 5.75 Å². The largest absolute Gasteiger partial charge is 0.491 e. The van der Waals surface area contributed by atoms with E-state index in [-0.39, 0.29) is 11.9 Å². The number of carbonyl (C=O) groups is 1. The Morgan fingerprint density at radius 2 is 1.84 bits per heavy atom. The van der Waals surface area contributed by atoms with E-state index in [1.807, 2.05) is 13.8 Å². The summed E-state index contributed by atoms with van der Waals surface area (Å²) in [4.78, 5) is 16.2. The number of aromatic nitrogens is 1. The van der Waals surface area contributed by atoms with Crippen LogP contribution >= 0.6 is 15.9 Å². The summed E-state index contributed by atoms with van der Waals surface area (Å²) in [6.07, 6.45) is 3.33. The van der Waals surface area contributed by atoms with Crippen molar-refractivity contribution >= 4 is 21.7 Å². The molecule has 1 aromatic heterocycles. The molecule has 0 aliphatic carbocycles. The topological polar surface area (TPSA) is 39.2 Å². The Morgan fingerprint density at radius 1 is 1.16 bits per heavy atom. The number of ether oxygens (including phenoxy) is 1. The molecule has 2 rings (SSSR count). The number of hydrogen-bond donors (Lipinski definition) is 0. The molecule has 1 aromatic carbocycles. The van der Waals surface area contributed by atoms with Crippen LogP contribution in [0.25, 0.3) is 0 Å². The van der Waals surface area contributed by atoms with Gasteiger partial charge in [-0.05, 0) is 60.1 Å². The van der Waals surface area contributed by atoms with Gasteiger partial charge in [0.15, 0.2) is 5.78 Å². The van der Waals surface area contributed by atoms with Gasteiger partial charge in [-0.2, -0.15) is 0 Å². The number of benzene rings is 1. The summed E-state index contributed by atoms with van der Waals surface area (Å²) in [5.74, 6) is 0.712. The van der Waals surface area contributed by atoms with Crippen molar-refractivity contribution in [1.29, 1.82) is 0 Å². The summed E-state index contributed by atoms with van der Waals surface area (Å²) in [7, 11) is 0. The number of nitrogens with zero attached hydrogens (tertiary/aromatic N) is 1. The minimum atomic E-state index is -0.0510. The smallest absolute Gasteiger partial charge is 0.194 e. The van der Waals surface area contributed by atoms with Gasteiger partial charge in [0.25, 0.3) is 0 Å². The van der Waals surface area contributed by atoms with Crippen molar-refractivity contribution in [2.24, 2.45) is 0 Å². The van der Waals surface area contributed by atoms with Crippen LogP contribution in [0, 0.1) is 0 Å². The average molecular weight is 320 g/mol. The lowest BCUT2D eigenvalue weighted by atomic mass is 10.1. The monoisotopic (exact) mass is 319 g/mol. The molecule has 0 saturated carbocycles. The third kappa shape index (κ3) is 3.64. The normalized spacial score (nSPS) is 10.5. The highest BCUT2D eigenvalue weighted by Crippen LogP contribution is 2.18. The molecule has 0 spiro atoms. The zero-order valence-electron chi connectivity index (χ0n) is 10.8. The molecule has 0 radical (unpaired) electrons. The maximum atomic E-state index is 12.2. The molecule has 0 saturated heterocycles. The van der Waals surface area contributed by atoms with Gasteiger partial charge in [0.2, 0.25) is 0 Å². The first-order valence-electron chi connectivity index (χ1n) is 5.98. The molecule has 0 bridgehead atoms. The van der Waals surface area contributed by atoms with Gasteiger partial charge >= 0.3 is 0 Å². The lowest BCUT2D eigenvalue weighted by Crippen LogP contribution is -2.06. The third-order valence-corrected chi connectivity index (χ3v) is 2.89. The minimum absolute atomic E-state index is 0.0510. The van der Waals surface area contributed by atoms with Crippen LogP contribution in [0.3, 0.4) is 0 Å². The Morgan fingerprint density at radius 3 is 2.42 bits per heavy atom. The van der Waals surface area contributed by atoms with E-state index in [4.69, 9.17) is 4.74 Å². The van der Waals surface area contributed by atoms with Gasteiger partial charge < -0.3 is 4.74 Å². The van der Waals surface area contributed by atoms with Crippen LogP contribution in [-0.2, 0) is 0 Å². The van der Waals surface area contributed by atoms with Crippen molar-refractivity contribution in [1.82, 2.24) is 4.98 Å². The van der Waals surface area contributed by atoms with Crippen molar-refractivity contribution < 1.29 is 9.53 Å². The number of ketones is 1. The van der Waals surface area contributed by atoms with Crippen LogP contribution in [0.15, 0.2) is 47.2 Å². The summed E-state index contributed by atoms with van der Waals surface area (Å²) < 4.78 is 6.33. The third-order valence-electron chi connectivity index (χ3n) is 2.46. The van der Waals surface area contributed by atoms with Crippen LogP contribution in [0.2, 0.25) is 0 Å². The maximum Gasteiger partial charge on any atom is 0.194 e. The maximum absolute atomic E-state index is 12.2. The summed E-state index contributed by atoms with van der Waals surface area (Å²) in [5.41, 5.74) is 1.18. The van der Waals surface area contributed by atoms with Gasteiger partial charge in [0, 0.05) is 28.0 Å². The van der Waals surface area contributed by atoms with Crippen molar-refractivity contribution in [2.45, 2.75) is 20.0 Å². The number of hydrogen-bond acceptors (Lipinski definition) is 3. The molecule has 3 nitrogen and oxygen atoms in total. The molecule has 0 unspecified atom stereocenters. The second kappa shape index (κ2) is 5.97. The van der Waals surface area contributed by atoms with E-state index in [1.165, 1.54) is 0 Å². The second-order valence-corrected chi connectivity index (χ2v) is 5.33. The first-order valence-corrected chi connectivity index (χ1v) is 6.77. The molecule has 4 heteroatoms. The summed E-state index contributed by atoms with van der Waals surface area (Å²) in [6.45, 7) is 3.93. The van der Waals surface area contributed by atoms with Crippen molar-refractivity contribution in [3.63, 3.8) is 0 Å². The lowest BCUT2D eigenvalue weighted by molar-refractivity contribution is 0.103. The fraction of sp³-hybridized carbons (Fsp3) is 0.200. The van der Waals surface area contributed by atoms with E-state index < -0.39 is 0 Å². The lowest BCUT2D eigenvalue weighted by Gasteiger charge is -2.09. The highest BCUT2D eigenvalue weighted by molar-refractivity contribution is 9.10. The SMILES string of the molecule is CC(C)Oc1ccc(C(=O)c2cncc(Br)c2)cc1. The van der Waals surface area contributed by atoms with E-state index in [9.17, 15) is 4.79 Å². The fourth-order valence-corrected chi connectivity index (χ4v) is 2.02. The number of pyridine rings is 1. The number of carbonyl (C=O) groups excluding carboxylic acids is 1. The molecule has 0 atom stereocenters. The van der Waals surface area contributed by atoms with Crippen LogP contribution in [0.1, 0.15) is 29.8 Å². The van der Waals surface area contributed by atoms with E-state index in [1.54, 1.807) is 42.7 Å². The molecular weight excluding hydrogens is 306 g/mol. The zero-order valence-corrected chi connectivity index (χ0v) is 12.3. The number of halogens is 1. The molecule has 2 aromatic rings. The molecular formula is C15H14BrNO2. The molecule has 0 fully saturated rings. The Balaban J connectivity index is 2.20. The van der Waals surface area contributed by atoms with E-state index in [0.29, 0.717) is 11.1 Å².